The third kappa shape index (κ3) is 3.61. The average molecular weight is 317 g/mol. The third-order valence-corrected chi connectivity index (χ3v) is 4.52. The van der Waals surface area contributed by atoms with Crippen LogP contribution in [0.1, 0.15) is 6.92 Å². The first kappa shape index (κ1) is 14.9. The minimum atomic E-state index is 0.0149. The highest BCUT2D eigenvalue weighted by Crippen LogP contribution is 2.22. The molecular formula is C15H19N5OS. The van der Waals surface area contributed by atoms with Crippen LogP contribution in [0.4, 0.5) is 10.8 Å². The number of amides is 1. The summed E-state index contributed by atoms with van der Waals surface area (Å²) in [6.45, 7) is 5.22. The van der Waals surface area contributed by atoms with Crippen molar-refractivity contribution in [2.75, 3.05) is 36.4 Å². The quantitative estimate of drug-likeness (QED) is 0.930. The lowest BCUT2D eigenvalue weighted by Gasteiger charge is -2.39. The molecule has 1 amide bonds. The van der Waals surface area contributed by atoms with Crippen molar-refractivity contribution in [1.82, 2.24) is 14.9 Å². The van der Waals surface area contributed by atoms with E-state index in [-0.39, 0.29) is 5.91 Å². The van der Waals surface area contributed by atoms with Gasteiger partial charge in [-0.3, -0.25) is 14.7 Å². The van der Waals surface area contributed by atoms with E-state index >= 15 is 0 Å². The SMILES string of the molecule is C[C@@H]1CN(CC(=O)Nc2ccncc2)CCN1c1nccs1. The predicted octanol–water partition coefficient (Wildman–Crippen LogP) is 1.69. The normalized spacial score (nSPS) is 19.1. The van der Waals surface area contributed by atoms with Crippen molar-refractivity contribution in [2.45, 2.75) is 13.0 Å². The molecule has 0 radical (unpaired) electrons. The Labute approximate surface area is 133 Å². The van der Waals surface area contributed by atoms with E-state index in [2.05, 4.69) is 32.0 Å². The average Bonchev–Trinajstić information content (AvgIpc) is 3.02. The van der Waals surface area contributed by atoms with E-state index in [1.165, 1.54) is 0 Å². The zero-order valence-electron chi connectivity index (χ0n) is 12.5. The molecule has 1 saturated heterocycles. The van der Waals surface area contributed by atoms with Gasteiger partial charge >= 0.3 is 0 Å². The second-order valence-corrected chi connectivity index (χ2v) is 6.25. The lowest BCUT2D eigenvalue weighted by Crippen LogP contribution is -2.53. The van der Waals surface area contributed by atoms with E-state index in [1.807, 2.05) is 11.6 Å². The summed E-state index contributed by atoms with van der Waals surface area (Å²) in [5, 5.41) is 5.96. The monoisotopic (exact) mass is 317 g/mol. The Morgan fingerprint density at radius 2 is 2.18 bits per heavy atom. The van der Waals surface area contributed by atoms with Gasteiger partial charge < -0.3 is 10.2 Å². The van der Waals surface area contributed by atoms with Gasteiger partial charge in [0.25, 0.3) is 0 Å². The fraction of sp³-hybridized carbons (Fsp3) is 0.400. The highest BCUT2D eigenvalue weighted by Gasteiger charge is 2.26. The Morgan fingerprint density at radius 1 is 1.36 bits per heavy atom. The first-order valence-corrected chi connectivity index (χ1v) is 8.19. The number of nitrogens with one attached hydrogen (secondary N) is 1. The van der Waals surface area contributed by atoms with Gasteiger partial charge in [-0.25, -0.2) is 4.98 Å². The Bertz CT molecular complexity index is 604. The van der Waals surface area contributed by atoms with Gasteiger partial charge in [-0.15, -0.1) is 11.3 Å². The van der Waals surface area contributed by atoms with Crippen molar-refractivity contribution >= 4 is 28.1 Å². The Balaban J connectivity index is 1.51. The van der Waals surface area contributed by atoms with E-state index in [1.54, 1.807) is 35.9 Å². The molecule has 0 saturated carbocycles. The second kappa shape index (κ2) is 6.85. The molecule has 0 unspecified atom stereocenters. The molecule has 1 N–H and O–H groups in total. The number of nitrogens with zero attached hydrogens (tertiary/aromatic N) is 4. The number of pyridine rings is 1. The molecule has 6 nitrogen and oxygen atoms in total. The summed E-state index contributed by atoms with van der Waals surface area (Å²) in [6, 6.07) is 3.94. The molecule has 0 aromatic carbocycles. The van der Waals surface area contributed by atoms with Crippen molar-refractivity contribution < 1.29 is 4.79 Å². The minimum absolute atomic E-state index is 0.0149. The number of piperazine rings is 1. The van der Waals surface area contributed by atoms with Gasteiger partial charge in [0.15, 0.2) is 5.13 Å². The van der Waals surface area contributed by atoms with Crippen LogP contribution in [0.15, 0.2) is 36.1 Å². The molecule has 116 valence electrons. The zero-order valence-corrected chi connectivity index (χ0v) is 13.3. The molecule has 0 aliphatic carbocycles. The van der Waals surface area contributed by atoms with Gasteiger partial charge in [-0.1, -0.05) is 0 Å². The summed E-state index contributed by atoms with van der Waals surface area (Å²) in [4.78, 5) is 24.9. The predicted molar refractivity (Wildman–Crippen MR) is 88.2 cm³/mol. The first-order chi connectivity index (χ1) is 10.7. The van der Waals surface area contributed by atoms with Crippen molar-refractivity contribution in [2.24, 2.45) is 0 Å². The molecule has 0 spiro atoms. The molecule has 1 atom stereocenters. The van der Waals surface area contributed by atoms with Crippen LogP contribution >= 0.6 is 11.3 Å². The standard InChI is InChI=1S/C15H19N5OS/c1-12-10-19(7-8-20(12)15-17-6-9-22-15)11-14(21)18-13-2-4-16-5-3-13/h2-6,9,12H,7-8,10-11H2,1H3,(H,16,18,21)/t12-/m1/s1. The van der Waals surface area contributed by atoms with Crippen LogP contribution in [0.25, 0.3) is 0 Å². The van der Waals surface area contributed by atoms with E-state index in [9.17, 15) is 4.79 Å². The number of aromatic nitrogens is 2. The molecule has 3 rings (SSSR count). The minimum Gasteiger partial charge on any atom is -0.343 e. The number of hydrogen-bond acceptors (Lipinski definition) is 6. The summed E-state index contributed by atoms with van der Waals surface area (Å²) in [5.41, 5.74) is 0.787. The molecular weight excluding hydrogens is 298 g/mol. The van der Waals surface area contributed by atoms with Crippen LogP contribution in [0.5, 0.6) is 0 Å². The zero-order chi connectivity index (χ0) is 15.4. The van der Waals surface area contributed by atoms with Crippen LogP contribution in [0.2, 0.25) is 0 Å². The Morgan fingerprint density at radius 3 is 2.86 bits per heavy atom. The number of carbonyl (C=O) groups is 1. The van der Waals surface area contributed by atoms with Crippen LogP contribution < -0.4 is 10.2 Å². The van der Waals surface area contributed by atoms with Gasteiger partial charge in [0.2, 0.25) is 5.91 Å². The highest BCUT2D eigenvalue weighted by molar-refractivity contribution is 7.13. The lowest BCUT2D eigenvalue weighted by molar-refractivity contribution is -0.117. The maximum absolute atomic E-state index is 12.1. The second-order valence-electron chi connectivity index (χ2n) is 5.38. The van der Waals surface area contributed by atoms with Gasteiger partial charge in [0, 0.05) is 55.3 Å². The van der Waals surface area contributed by atoms with Crippen LogP contribution in [-0.2, 0) is 4.79 Å². The number of hydrogen-bond donors (Lipinski definition) is 1. The van der Waals surface area contributed by atoms with E-state index < -0.39 is 0 Å². The summed E-state index contributed by atoms with van der Waals surface area (Å²) in [5.74, 6) is 0.0149. The van der Waals surface area contributed by atoms with Gasteiger partial charge in [-0.05, 0) is 19.1 Å². The van der Waals surface area contributed by atoms with Crippen molar-refractivity contribution in [3.8, 4) is 0 Å². The molecule has 3 heterocycles. The highest BCUT2D eigenvalue weighted by atomic mass is 32.1. The maximum atomic E-state index is 12.1. The summed E-state index contributed by atoms with van der Waals surface area (Å²) >= 11 is 1.66. The summed E-state index contributed by atoms with van der Waals surface area (Å²) < 4.78 is 0. The van der Waals surface area contributed by atoms with E-state index in [0.29, 0.717) is 12.6 Å². The van der Waals surface area contributed by atoms with Gasteiger partial charge in [0.05, 0.1) is 6.54 Å². The fourth-order valence-corrected chi connectivity index (χ4v) is 3.43. The van der Waals surface area contributed by atoms with Crippen molar-refractivity contribution in [3.63, 3.8) is 0 Å². The number of anilines is 2. The summed E-state index contributed by atoms with van der Waals surface area (Å²) in [7, 11) is 0. The molecule has 7 heteroatoms. The van der Waals surface area contributed by atoms with E-state index in [0.717, 1.165) is 30.5 Å². The van der Waals surface area contributed by atoms with Crippen molar-refractivity contribution in [1.29, 1.82) is 0 Å². The Kier molecular flexibility index (Phi) is 4.65. The smallest absolute Gasteiger partial charge is 0.238 e. The fourth-order valence-electron chi connectivity index (χ4n) is 2.66. The topological polar surface area (TPSA) is 61.4 Å². The van der Waals surface area contributed by atoms with Crippen LogP contribution in [-0.4, -0.2) is 53.0 Å². The Hall–Kier alpha value is -1.99. The maximum Gasteiger partial charge on any atom is 0.238 e. The van der Waals surface area contributed by atoms with Crippen LogP contribution in [0, 0.1) is 0 Å². The van der Waals surface area contributed by atoms with Crippen molar-refractivity contribution in [3.05, 3.63) is 36.1 Å². The summed E-state index contributed by atoms with van der Waals surface area (Å²) in [6.07, 6.45) is 5.18. The number of rotatable bonds is 4. The van der Waals surface area contributed by atoms with Gasteiger partial charge in [0.1, 0.15) is 0 Å². The van der Waals surface area contributed by atoms with E-state index in [4.69, 9.17) is 0 Å². The lowest BCUT2D eigenvalue weighted by atomic mass is 10.2. The molecule has 1 fully saturated rings. The van der Waals surface area contributed by atoms with Gasteiger partial charge in [-0.2, -0.15) is 0 Å². The first-order valence-electron chi connectivity index (χ1n) is 7.31. The van der Waals surface area contributed by atoms with Crippen LogP contribution in [0.3, 0.4) is 0 Å². The number of carbonyl (C=O) groups excluding carboxylic acids is 1. The molecule has 1 aliphatic rings. The molecule has 2 aromatic heterocycles. The molecule has 1 aliphatic heterocycles. The third-order valence-electron chi connectivity index (χ3n) is 3.71. The molecule has 22 heavy (non-hydrogen) atoms. The number of thiazole rings is 1. The largest absolute Gasteiger partial charge is 0.343 e. The molecule has 2 aromatic rings. The molecule has 0 bridgehead atoms.